The smallest absolute Gasteiger partial charge is 0.261 e. The van der Waals surface area contributed by atoms with Crippen LogP contribution in [0.15, 0.2) is 42.5 Å². The topological polar surface area (TPSA) is 82.0 Å². The van der Waals surface area contributed by atoms with Gasteiger partial charge in [-0.3, -0.25) is 9.69 Å². The molecule has 5 aliphatic rings. The van der Waals surface area contributed by atoms with Gasteiger partial charge in [-0.05, 0) is 80.1 Å². The fraction of sp³-hybridized carbons (Fsp3) is 0.483. The Labute approximate surface area is 226 Å². The van der Waals surface area contributed by atoms with Crippen molar-refractivity contribution in [3.63, 3.8) is 0 Å². The molecule has 8 rings (SSSR count). The molecule has 1 amide bonds. The number of phenolic OH excluding ortho intramolecular Hbond substituents is 1. The Hall–Kier alpha value is -2.32. The first-order valence-corrected chi connectivity index (χ1v) is 14.1. The molecule has 2 aromatic carbocycles. The van der Waals surface area contributed by atoms with Gasteiger partial charge in [0.05, 0.1) is 21.9 Å². The highest BCUT2D eigenvalue weighted by molar-refractivity contribution is 7.20. The Morgan fingerprint density at radius 2 is 2.00 bits per heavy atom. The van der Waals surface area contributed by atoms with Crippen LogP contribution in [-0.2, 0) is 11.8 Å². The number of aromatic hydroxyl groups is 1. The maximum absolute atomic E-state index is 13.4. The maximum atomic E-state index is 13.4. The third-order valence-electron chi connectivity index (χ3n) is 9.73. The van der Waals surface area contributed by atoms with E-state index >= 15 is 0 Å². The van der Waals surface area contributed by atoms with Crippen molar-refractivity contribution < 1.29 is 19.7 Å². The number of rotatable bonds is 4. The predicted molar refractivity (Wildman–Crippen MR) is 145 cm³/mol. The number of likely N-dealkylation sites (tertiary alicyclic amines) is 1. The molecule has 3 N–H and O–H groups in total. The zero-order valence-electron chi connectivity index (χ0n) is 20.5. The lowest BCUT2D eigenvalue weighted by atomic mass is 9.48. The van der Waals surface area contributed by atoms with Crippen LogP contribution >= 0.6 is 23.7 Å². The van der Waals surface area contributed by atoms with Gasteiger partial charge in [-0.15, -0.1) is 23.7 Å². The Bertz CT molecular complexity index is 1390. The molecule has 2 bridgehead atoms. The summed E-state index contributed by atoms with van der Waals surface area (Å²) in [5.74, 6) is 1.32. The molecule has 2 aliphatic heterocycles. The number of nitrogens with zero attached hydrogens (tertiary/aromatic N) is 1. The first-order valence-electron chi connectivity index (χ1n) is 13.3. The number of carbonyl (C=O) groups excluding carboxylic acids is 1. The maximum Gasteiger partial charge on any atom is 0.261 e. The summed E-state index contributed by atoms with van der Waals surface area (Å²) in [4.78, 5) is 16.6. The zero-order valence-corrected chi connectivity index (χ0v) is 22.1. The third-order valence-corrected chi connectivity index (χ3v) is 10.8. The number of carbonyl (C=O) groups is 1. The van der Waals surface area contributed by atoms with Gasteiger partial charge in [-0.2, -0.15) is 0 Å². The van der Waals surface area contributed by atoms with E-state index in [4.69, 9.17) is 4.74 Å². The quantitative estimate of drug-likeness (QED) is 0.459. The molecule has 3 aromatic rings. The van der Waals surface area contributed by atoms with E-state index in [0.29, 0.717) is 23.5 Å². The molecule has 6 nitrogen and oxygen atoms in total. The largest absolute Gasteiger partial charge is 0.504 e. The number of aliphatic hydroxyl groups is 1. The van der Waals surface area contributed by atoms with Crippen molar-refractivity contribution in [2.24, 2.45) is 5.92 Å². The normalized spacial score (nSPS) is 33.4. The molecule has 194 valence electrons. The summed E-state index contributed by atoms with van der Waals surface area (Å²) in [6.07, 6.45) is 5.00. The van der Waals surface area contributed by atoms with Crippen LogP contribution < -0.4 is 10.1 Å². The standard InChI is InChI=1S/C29H30N2O4S.ClH/c32-20-8-7-18-14-23-29(34)10-9-19(30-27(33)22-13-17-3-1-2-4-21(17)36-22)26-28(29,24(18)25(20)35-26)11-12-31(23)15-16-5-6-16;/h1-4,7-8,13,16,19,23,26,32,34H,5-6,9-12,14-15H2,(H,30,33);1H/t19-,23-,26+,28+,29-;/m1./s1. The van der Waals surface area contributed by atoms with Crippen LogP contribution in [0.3, 0.4) is 0 Å². The monoisotopic (exact) mass is 538 g/mol. The minimum atomic E-state index is -0.935. The number of halogens is 1. The van der Waals surface area contributed by atoms with Crippen molar-refractivity contribution in [3.8, 4) is 11.5 Å². The number of nitrogens with one attached hydrogen (secondary N) is 1. The molecule has 3 heterocycles. The van der Waals surface area contributed by atoms with Crippen molar-refractivity contribution in [2.45, 2.75) is 67.7 Å². The van der Waals surface area contributed by atoms with Crippen LogP contribution in [0.25, 0.3) is 10.1 Å². The minimum Gasteiger partial charge on any atom is -0.504 e. The Morgan fingerprint density at radius 3 is 2.81 bits per heavy atom. The van der Waals surface area contributed by atoms with Crippen molar-refractivity contribution in [1.29, 1.82) is 0 Å². The number of thiophene rings is 1. The Balaban J connectivity index is 0.00000231. The van der Waals surface area contributed by atoms with Crippen LogP contribution in [0.2, 0.25) is 0 Å². The van der Waals surface area contributed by atoms with E-state index in [1.165, 1.54) is 29.7 Å². The molecular formula is C29H31ClN2O4S. The number of piperidine rings is 1. The number of ether oxygens (including phenoxy) is 1. The first-order chi connectivity index (χ1) is 17.5. The molecule has 3 fully saturated rings. The Kier molecular flexibility index (Phi) is 5.20. The van der Waals surface area contributed by atoms with Crippen molar-refractivity contribution in [1.82, 2.24) is 10.2 Å². The predicted octanol–water partition coefficient (Wildman–Crippen LogP) is 4.39. The molecule has 1 saturated heterocycles. The second-order valence-corrected chi connectivity index (χ2v) is 12.6. The second kappa shape index (κ2) is 8.09. The van der Waals surface area contributed by atoms with Gasteiger partial charge in [0.2, 0.25) is 0 Å². The van der Waals surface area contributed by atoms with Crippen molar-refractivity contribution in [3.05, 3.63) is 58.5 Å². The average Bonchev–Trinajstić information content (AvgIpc) is 3.45. The van der Waals surface area contributed by atoms with Gasteiger partial charge in [0, 0.05) is 22.8 Å². The number of hydrogen-bond donors (Lipinski definition) is 3. The summed E-state index contributed by atoms with van der Waals surface area (Å²) >= 11 is 1.50. The molecule has 37 heavy (non-hydrogen) atoms. The minimum absolute atomic E-state index is 0. The van der Waals surface area contributed by atoms with Gasteiger partial charge in [0.15, 0.2) is 11.5 Å². The van der Waals surface area contributed by atoms with E-state index in [2.05, 4.69) is 10.2 Å². The molecule has 1 aromatic heterocycles. The number of amides is 1. The van der Waals surface area contributed by atoms with Gasteiger partial charge in [-0.25, -0.2) is 0 Å². The molecule has 2 saturated carbocycles. The van der Waals surface area contributed by atoms with E-state index in [0.717, 1.165) is 47.5 Å². The molecule has 0 radical (unpaired) electrons. The first kappa shape index (κ1) is 23.8. The highest BCUT2D eigenvalue weighted by atomic mass is 35.5. The van der Waals surface area contributed by atoms with Crippen molar-refractivity contribution >= 4 is 39.7 Å². The lowest BCUT2D eigenvalue weighted by molar-refractivity contribution is -0.191. The van der Waals surface area contributed by atoms with Gasteiger partial charge >= 0.3 is 0 Å². The molecule has 1 spiro atoms. The Morgan fingerprint density at radius 1 is 1.16 bits per heavy atom. The molecule has 5 atom stereocenters. The summed E-state index contributed by atoms with van der Waals surface area (Å²) in [7, 11) is 0. The molecule has 3 aliphatic carbocycles. The molecule has 0 unspecified atom stereocenters. The van der Waals surface area contributed by atoms with E-state index in [9.17, 15) is 15.0 Å². The summed E-state index contributed by atoms with van der Waals surface area (Å²) in [5, 5.41) is 27.7. The molecular weight excluding hydrogens is 508 g/mol. The summed E-state index contributed by atoms with van der Waals surface area (Å²) < 4.78 is 7.67. The van der Waals surface area contributed by atoms with Crippen LogP contribution in [0.5, 0.6) is 11.5 Å². The summed E-state index contributed by atoms with van der Waals surface area (Å²) in [5.41, 5.74) is 0.626. The van der Waals surface area contributed by atoms with Crippen LogP contribution in [0.1, 0.15) is 52.9 Å². The van der Waals surface area contributed by atoms with Gasteiger partial charge < -0.3 is 20.3 Å². The average molecular weight is 539 g/mol. The third kappa shape index (κ3) is 3.14. The second-order valence-electron chi connectivity index (χ2n) is 11.6. The highest BCUT2D eigenvalue weighted by Crippen LogP contribution is 2.65. The van der Waals surface area contributed by atoms with E-state index in [1.54, 1.807) is 6.07 Å². The highest BCUT2D eigenvalue weighted by Gasteiger charge is 2.73. The van der Waals surface area contributed by atoms with Crippen molar-refractivity contribution in [2.75, 3.05) is 13.1 Å². The van der Waals surface area contributed by atoms with Crippen LogP contribution in [0, 0.1) is 5.92 Å². The van der Waals surface area contributed by atoms with Gasteiger partial charge in [0.25, 0.3) is 5.91 Å². The number of benzene rings is 2. The number of hydrogen-bond acceptors (Lipinski definition) is 6. The SMILES string of the molecule is Cl.O=C(N[C@@H]1CC[C@@]2(O)[C@H]3Cc4ccc(O)c5c4[C@@]2(CCN3CC2CC2)[C@H]1O5)c1cc2ccccc2s1. The van der Waals surface area contributed by atoms with Gasteiger partial charge in [-0.1, -0.05) is 24.3 Å². The summed E-state index contributed by atoms with van der Waals surface area (Å²) in [6, 6.07) is 13.6. The fourth-order valence-corrected chi connectivity index (χ4v) is 8.93. The van der Waals surface area contributed by atoms with E-state index in [1.807, 2.05) is 36.4 Å². The van der Waals surface area contributed by atoms with Crippen LogP contribution in [-0.4, -0.2) is 57.9 Å². The zero-order chi connectivity index (χ0) is 24.2. The fourth-order valence-electron chi connectivity index (χ4n) is 7.96. The van der Waals surface area contributed by atoms with Gasteiger partial charge in [0.1, 0.15) is 6.10 Å². The number of phenols is 1. The molecule has 8 heteroatoms. The van der Waals surface area contributed by atoms with E-state index in [-0.39, 0.29) is 36.1 Å². The lowest BCUT2D eigenvalue weighted by Crippen LogP contribution is -2.78. The van der Waals surface area contributed by atoms with E-state index < -0.39 is 17.1 Å². The van der Waals surface area contributed by atoms with Crippen LogP contribution in [0.4, 0.5) is 0 Å². The summed E-state index contributed by atoms with van der Waals surface area (Å²) in [6.45, 7) is 1.97. The lowest BCUT2D eigenvalue weighted by Gasteiger charge is -2.64. The number of fused-ring (bicyclic) bond motifs is 1.